The number of nitriles is 1. The number of alkyl halides is 3. The highest BCUT2D eigenvalue weighted by Gasteiger charge is 2.36. The highest BCUT2D eigenvalue weighted by Crippen LogP contribution is 2.35. The van der Waals surface area contributed by atoms with Crippen molar-refractivity contribution in [3.63, 3.8) is 0 Å². The second-order valence-electron chi connectivity index (χ2n) is 4.62. The van der Waals surface area contributed by atoms with Crippen LogP contribution in [0.15, 0.2) is 18.2 Å². The first kappa shape index (κ1) is 14.3. The molecule has 1 aliphatic heterocycles. The molecule has 0 amide bonds. The Labute approximate surface area is 112 Å². The molecule has 1 aromatic carbocycles. The van der Waals surface area contributed by atoms with Crippen LogP contribution in [-0.2, 0) is 12.7 Å². The molecule has 0 N–H and O–H groups in total. The number of benzene rings is 1. The van der Waals surface area contributed by atoms with Gasteiger partial charge in [-0.1, -0.05) is 6.07 Å². The highest BCUT2D eigenvalue weighted by atomic mass is 19.4. The van der Waals surface area contributed by atoms with Gasteiger partial charge >= 0.3 is 6.18 Å². The summed E-state index contributed by atoms with van der Waals surface area (Å²) in [6.07, 6.45) is -4.64. The Kier molecular flexibility index (Phi) is 3.63. The fourth-order valence-electron chi connectivity index (χ4n) is 2.10. The van der Waals surface area contributed by atoms with Gasteiger partial charge in [0.15, 0.2) is 0 Å². The molecule has 5 nitrogen and oxygen atoms in total. The van der Waals surface area contributed by atoms with Crippen LogP contribution in [0.5, 0.6) is 0 Å². The molecule has 1 aliphatic rings. The summed E-state index contributed by atoms with van der Waals surface area (Å²) < 4.78 is 38.7. The molecular formula is C12H10F3N3O2. The number of nitrogens with zero attached hydrogens (tertiary/aromatic N) is 3. The van der Waals surface area contributed by atoms with Crippen LogP contribution < -0.4 is 0 Å². The normalized spacial score (nSPS) is 16.5. The summed E-state index contributed by atoms with van der Waals surface area (Å²) in [5, 5.41) is 19.2. The van der Waals surface area contributed by atoms with E-state index in [-0.39, 0.29) is 18.0 Å². The average molecular weight is 285 g/mol. The zero-order valence-corrected chi connectivity index (χ0v) is 10.2. The smallest absolute Gasteiger partial charge is 0.296 e. The molecule has 1 fully saturated rings. The number of likely N-dealkylation sites (tertiary alicyclic amines) is 1. The van der Waals surface area contributed by atoms with Gasteiger partial charge in [0, 0.05) is 31.8 Å². The molecule has 0 saturated carbocycles. The van der Waals surface area contributed by atoms with E-state index < -0.39 is 22.4 Å². The van der Waals surface area contributed by atoms with Gasteiger partial charge in [-0.15, -0.1) is 0 Å². The second kappa shape index (κ2) is 5.09. The van der Waals surface area contributed by atoms with E-state index in [2.05, 4.69) is 0 Å². The number of hydrogen-bond donors (Lipinski definition) is 0. The summed E-state index contributed by atoms with van der Waals surface area (Å²) in [7, 11) is 0. The zero-order valence-electron chi connectivity index (χ0n) is 10.2. The molecule has 0 atom stereocenters. The Balaban J connectivity index is 2.24. The number of nitro groups is 1. The molecule has 0 spiro atoms. The lowest BCUT2D eigenvalue weighted by Crippen LogP contribution is -2.45. The van der Waals surface area contributed by atoms with Crippen LogP contribution >= 0.6 is 0 Å². The molecule has 106 valence electrons. The predicted octanol–water partition coefficient (Wildman–Crippen LogP) is 2.57. The summed E-state index contributed by atoms with van der Waals surface area (Å²) >= 11 is 0. The molecular weight excluding hydrogens is 275 g/mol. The van der Waals surface area contributed by atoms with Gasteiger partial charge in [0.1, 0.15) is 0 Å². The minimum absolute atomic E-state index is 0.0144. The van der Waals surface area contributed by atoms with Crippen LogP contribution in [0.4, 0.5) is 18.9 Å². The van der Waals surface area contributed by atoms with E-state index in [0.29, 0.717) is 19.2 Å². The number of nitro benzene ring substituents is 1. The minimum atomic E-state index is -4.64. The first-order valence-corrected chi connectivity index (χ1v) is 5.77. The largest absolute Gasteiger partial charge is 0.416 e. The monoisotopic (exact) mass is 285 g/mol. The fourth-order valence-corrected chi connectivity index (χ4v) is 2.10. The van der Waals surface area contributed by atoms with E-state index in [4.69, 9.17) is 5.26 Å². The maximum absolute atomic E-state index is 12.9. The summed E-state index contributed by atoms with van der Waals surface area (Å²) in [5.41, 5.74) is -1.59. The third kappa shape index (κ3) is 2.88. The standard InChI is InChI=1S/C12H10F3N3O2/c13-12(14,15)11-3-10(18(19)20)2-1-9(11)7-17-5-8(4-16)6-17/h1-3,8H,5-7H2. The molecule has 1 saturated heterocycles. The molecule has 0 aromatic heterocycles. The predicted molar refractivity (Wildman–Crippen MR) is 62.5 cm³/mol. The zero-order chi connectivity index (χ0) is 14.9. The van der Waals surface area contributed by atoms with Crippen LogP contribution in [0.1, 0.15) is 11.1 Å². The summed E-state index contributed by atoms with van der Waals surface area (Å²) in [5.74, 6) is -0.151. The van der Waals surface area contributed by atoms with Gasteiger partial charge in [0.25, 0.3) is 5.69 Å². The van der Waals surface area contributed by atoms with E-state index in [9.17, 15) is 23.3 Å². The van der Waals surface area contributed by atoms with Crippen molar-refractivity contribution in [3.8, 4) is 6.07 Å². The van der Waals surface area contributed by atoms with Gasteiger partial charge in [0.2, 0.25) is 0 Å². The van der Waals surface area contributed by atoms with Gasteiger partial charge in [-0.25, -0.2) is 0 Å². The van der Waals surface area contributed by atoms with E-state index in [0.717, 1.165) is 12.1 Å². The molecule has 8 heteroatoms. The van der Waals surface area contributed by atoms with Crippen molar-refractivity contribution >= 4 is 5.69 Å². The topological polar surface area (TPSA) is 70.2 Å². The molecule has 0 unspecified atom stereocenters. The SMILES string of the molecule is N#CC1CN(Cc2ccc([N+](=O)[O-])cc2C(F)(F)F)C1. The summed E-state index contributed by atoms with van der Waals surface area (Å²) in [4.78, 5) is 11.4. The van der Waals surface area contributed by atoms with E-state index in [1.807, 2.05) is 6.07 Å². The average Bonchev–Trinajstić information content (AvgIpc) is 2.31. The maximum Gasteiger partial charge on any atom is 0.416 e. The molecule has 20 heavy (non-hydrogen) atoms. The van der Waals surface area contributed by atoms with Crippen molar-refractivity contribution in [1.29, 1.82) is 5.26 Å². The van der Waals surface area contributed by atoms with Crippen molar-refractivity contribution in [2.75, 3.05) is 13.1 Å². The summed E-state index contributed by atoms with van der Waals surface area (Å²) in [6, 6.07) is 4.77. The maximum atomic E-state index is 12.9. The summed E-state index contributed by atoms with van der Waals surface area (Å²) in [6.45, 7) is 0.876. The van der Waals surface area contributed by atoms with Crippen molar-refractivity contribution in [3.05, 3.63) is 39.4 Å². The van der Waals surface area contributed by atoms with Crippen LogP contribution in [0.25, 0.3) is 0 Å². The first-order valence-electron chi connectivity index (χ1n) is 5.77. The molecule has 1 aromatic rings. The quantitative estimate of drug-likeness (QED) is 0.632. The number of hydrogen-bond acceptors (Lipinski definition) is 4. The Morgan fingerprint density at radius 1 is 1.45 bits per heavy atom. The van der Waals surface area contributed by atoms with Crippen LogP contribution in [0.2, 0.25) is 0 Å². The first-order chi connectivity index (χ1) is 9.31. The van der Waals surface area contributed by atoms with Crippen molar-refractivity contribution in [1.82, 2.24) is 4.90 Å². The Morgan fingerprint density at radius 2 is 2.10 bits per heavy atom. The van der Waals surface area contributed by atoms with E-state index in [1.54, 1.807) is 4.90 Å². The molecule has 0 bridgehead atoms. The van der Waals surface area contributed by atoms with Crippen molar-refractivity contribution in [2.45, 2.75) is 12.7 Å². The fraction of sp³-hybridized carbons (Fsp3) is 0.417. The molecule has 2 rings (SSSR count). The Bertz CT molecular complexity index is 574. The van der Waals surface area contributed by atoms with Gasteiger partial charge in [-0.3, -0.25) is 15.0 Å². The molecule has 1 heterocycles. The lowest BCUT2D eigenvalue weighted by molar-refractivity contribution is -0.385. The number of rotatable bonds is 3. The van der Waals surface area contributed by atoms with Crippen LogP contribution in [-0.4, -0.2) is 22.9 Å². The van der Waals surface area contributed by atoms with Gasteiger partial charge in [-0.2, -0.15) is 18.4 Å². The minimum Gasteiger partial charge on any atom is -0.296 e. The van der Waals surface area contributed by atoms with Gasteiger partial charge in [-0.05, 0) is 5.56 Å². The molecule has 0 aliphatic carbocycles. The second-order valence-corrected chi connectivity index (χ2v) is 4.62. The lowest BCUT2D eigenvalue weighted by atomic mass is 9.99. The third-order valence-corrected chi connectivity index (χ3v) is 3.14. The van der Waals surface area contributed by atoms with E-state index >= 15 is 0 Å². The van der Waals surface area contributed by atoms with Crippen LogP contribution in [0, 0.1) is 27.4 Å². The molecule has 0 radical (unpaired) electrons. The Hall–Kier alpha value is -2.14. The van der Waals surface area contributed by atoms with Crippen molar-refractivity contribution in [2.24, 2.45) is 5.92 Å². The highest BCUT2D eigenvalue weighted by molar-refractivity contribution is 5.41. The van der Waals surface area contributed by atoms with Gasteiger partial charge < -0.3 is 0 Å². The van der Waals surface area contributed by atoms with Gasteiger partial charge in [0.05, 0.1) is 22.5 Å². The lowest BCUT2D eigenvalue weighted by Gasteiger charge is -2.35. The Morgan fingerprint density at radius 3 is 2.60 bits per heavy atom. The van der Waals surface area contributed by atoms with E-state index in [1.165, 1.54) is 0 Å². The van der Waals surface area contributed by atoms with Crippen molar-refractivity contribution < 1.29 is 18.1 Å². The number of halogens is 3. The number of non-ortho nitro benzene ring substituents is 1. The third-order valence-electron chi connectivity index (χ3n) is 3.14. The van der Waals surface area contributed by atoms with Crippen LogP contribution in [0.3, 0.4) is 0 Å².